The summed E-state index contributed by atoms with van der Waals surface area (Å²) in [5.41, 5.74) is 3.66. The third kappa shape index (κ3) is 3.70. The fraction of sp³-hybridized carbons (Fsp3) is 0.429. The zero-order valence-corrected chi connectivity index (χ0v) is 10.5. The van der Waals surface area contributed by atoms with E-state index in [-0.39, 0.29) is 0 Å². The molecule has 0 heterocycles. The Morgan fingerprint density at radius 3 is 2.12 bits per heavy atom. The summed E-state index contributed by atoms with van der Waals surface area (Å²) < 4.78 is 10.6. The molecule has 88 valence electrons. The van der Waals surface area contributed by atoms with Crippen molar-refractivity contribution in [2.45, 2.75) is 20.8 Å². The third-order valence-corrected chi connectivity index (χ3v) is 2.36. The zero-order valence-electron chi connectivity index (χ0n) is 10.5. The summed E-state index contributed by atoms with van der Waals surface area (Å²) in [4.78, 5) is 0. The molecule has 0 spiro atoms. The molecular formula is C14H20O2. The Labute approximate surface area is 97.9 Å². The molecule has 1 rings (SSSR count). The molecule has 2 heteroatoms. The molecule has 0 radical (unpaired) electrons. The average Bonchev–Trinajstić information content (AvgIpc) is 2.20. The molecule has 0 bridgehead atoms. The SMILES string of the molecule is COCC=CCOc1c(C)cc(C)cc1C. The average molecular weight is 220 g/mol. The summed E-state index contributed by atoms with van der Waals surface area (Å²) in [6.07, 6.45) is 3.93. The predicted octanol–water partition coefficient (Wildman–Crippen LogP) is 3.19. The van der Waals surface area contributed by atoms with Gasteiger partial charge in [0, 0.05) is 7.11 Å². The van der Waals surface area contributed by atoms with Crippen molar-refractivity contribution in [2.75, 3.05) is 20.3 Å². The van der Waals surface area contributed by atoms with E-state index < -0.39 is 0 Å². The first-order chi connectivity index (χ1) is 7.65. The molecule has 0 unspecified atom stereocenters. The predicted molar refractivity (Wildman–Crippen MR) is 67.2 cm³/mol. The maximum Gasteiger partial charge on any atom is 0.125 e. The van der Waals surface area contributed by atoms with E-state index >= 15 is 0 Å². The highest BCUT2D eigenvalue weighted by molar-refractivity contribution is 5.42. The molecule has 2 nitrogen and oxygen atoms in total. The maximum atomic E-state index is 5.73. The summed E-state index contributed by atoms with van der Waals surface area (Å²) in [5.74, 6) is 0.993. The number of ether oxygens (including phenoxy) is 2. The largest absolute Gasteiger partial charge is 0.489 e. The lowest BCUT2D eigenvalue weighted by molar-refractivity contribution is 0.233. The van der Waals surface area contributed by atoms with Crippen LogP contribution in [0.2, 0.25) is 0 Å². The maximum absolute atomic E-state index is 5.73. The first kappa shape index (κ1) is 12.8. The van der Waals surface area contributed by atoms with E-state index in [0.29, 0.717) is 13.2 Å². The van der Waals surface area contributed by atoms with E-state index in [9.17, 15) is 0 Å². The van der Waals surface area contributed by atoms with Crippen molar-refractivity contribution < 1.29 is 9.47 Å². The second-order valence-electron chi connectivity index (χ2n) is 3.97. The Bertz CT molecular complexity index is 344. The van der Waals surface area contributed by atoms with Crippen LogP contribution < -0.4 is 4.74 Å². The molecular weight excluding hydrogens is 200 g/mol. The molecule has 0 aliphatic heterocycles. The molecule has 0 saturated heterocycles. The summed E-state index contributed by atoms with van der Waals surface area (Å²) in [5, 5.41) is 0. The first-order valence-electron chi connectivity index (χ1n) is 5.49. The Morgan fingerprint density at radius 2 is 1.56 bits per heavy atom. The molecule has 0 atom stereocenters. The van der Waals surface area contributed by atoms with Gasteiger partial charge in [-0.15, -0.1) is 0 Å². The molecule has 0 aliphatic rings. The number of hydrogen-bond donors (Lipinski definition) is 0. The molecule has 1 aromatic rings. The lowest BCUT2D eigenvalue weighted by atomic mass is 10.1. The Kier molecular flexibility index (Phi) is 5.06. The molecule has 0 fully saturated rings. The van der Waals surface area contributed by atoms with Crippen LogP contribution in [0.5, 0.6) is 5.75 Å². The van der Waals surface area contributed by atoms with Crippen LogP contribution in [0.1, 0.15) is 16.7 Å². The fourth-order valence-electron chi connectivity index (χ4n) is 1.76. The molecule has 1 aromatic carbocycles. The van der Waals surface area contributed by atoms with Crippen molar-refractivity contribution in [3.8, 4) is 5.75 Å². The molecule has 0 amide bonds. The summed E-state index contributed by atoms with van der Waals surface area (Å²) in [6, 6.07) is 4.28. The molecule has 16 heavy (non-hydrogen) atoms. The topological polar surface area (TPSA) is 18.5 Å². The lowest BCUT2D eigenvalue weighted by Crippen LogP contribution is -1.99. The van der Waals surface area contributed by atoms with E-state index in [1.807, 2.05) is 12.2 Å². The smallest absolute Gasteiger partial charge is 0.125 e. The summed E-state index contributed by atoms with van der Waals surface area (Å²) in [7, 11) is 1.68. The van der Waals surface area contributed by atoms with Gasteiger partial charge in [0.1, 0.15) is 12.4 Å². The van der Waals surface area contributed by atoms with Crippen LogP contribution in [0.25, 0.3) is 0 Å². The van der Waals surface area contributed by atoms with Gasteiger partial charge in [-0.2, -0.15) is 0 Å². The highest BCUT2D eigenvalue weighted by Gasteiger charge is 2.03. The van der Waals surface area contributed by atoms with Crippen molar-refractivity contribution in [1.29, 1.82) is 0 Å². The summed E-state index contributed by atoms with van der Waals surface area (Å²) in [6.45, 7) is 7.48. The zero-order chi connectivity index (χ0) is 12.0. The van der Waals surface area contributed by atoms with Crippen LogP contribution in [0, 0.1) is 20.8 Å². The second kappa shape index (κ2) is 6.33. The molecule has 0 aromatic heterocycles. The van der Waals surface area contributed by atoms with Crippen LogP contribution in [-0.4, -0.2) is 20.3 Å². The molecule has 0 saturated carbocycles. The van der Waals surface area contributed by atoms with Gasteiger partial charge in [0.25, 0.3) is 0 Å². The summed E-state index contributed by atoms with van der Waals surface area (Å²) >= 11 is 0. The Balaban J connectivity index is 2.60. The van der Waals surface area contributed by atoms with Crippen molar-refractivity contribution in [3.05, 3.63) is 41.0 Å². The highest BCUT2D eigenvalue weighted by Crippen LogP contribution is 2.24. The minimum Gasteiger partial charge on any atom is -0.489 e. The third-order valence-electron chi connectivity index (χ3n) is 2.36. The second-order valence-corrected chi connectivity index (χ2v) is 3.97. The Morgan fingerprint density at radius 1 is 1.00 bits per heavy atom. The van der Waals surface area contributed by atoms with Gasteiger partial charge in [-0.25, -0.2) is 0 Å². The number of methoxy groups -OCH3 is 1. The van der Waals surface area contributed by atoms with Crippen LogP contribution in [0.3, 0.4) is 0 Å². The van der Waals surface area contributed by atoms with Crippen LogP contribution in [-0.2, 0) is 4.74 Å². The molecule has 0 N–H and O–H groups in total. The standard InChI is InChI=1S/C14H20O2/c1-11-9-12(2)14(13(3)10-11)16-8-6-5-7-15-4/h5-6,9-10H,7-8H2,1-4H3. The normalized spacial score (nSPS) is 11.0. The van der Waals surface area contributed by atoms with Crippen molar-refractivity contribution in [1.82, 2.24) is 0 Å². The minimum absolute atomic E-state index is 0.591. The monoisotopic (exact) mass is 220 g/mol. The van der Waals surface area contributed by atoms with E-state index in [1.54, 1.807) is 7.11 Å². The minimum atomic E-state index is 0.591. The van der Waals surface area contributed by atoms with Gasteiger partial charge < -0.3 is 9.47 Å². The van der Waals surface area contributed by atoms with Gasteiger partial charge in [0.15, 0.2) is 0 Å². The number of aryl methyl sites for hydroxylation is 3. The van der Waals surface area contributed by atoms with E-state index in [4.69, 9.17) is 9.47 Å². The van der Waals surface area contributed by atoms with Gasteiger partial charge in [-0.1, -0.05) is 23.8 Å². The van der Waals surface area contributed by atoms with Crippen molar-refractivity contribution in [3.63, 3.8) is 0 Å². The van der Waals surface area contributed by atoms with E-state index in [2.05, 4.69) is 32.9 Å². The van der Waals surface area contributed by atoms with Gasteiger partial charge in [-0.3, -0.25) is 0 Å². The van der Waals surface area contributed by atoms with Gasteiger partial charge in [0.05, 0.1) is 6.61 Å². The first-order valence-corrected chi connectivity index (χ1v) is 5.49. The van der Waals surface area contributed by atoms with E-state index in [1.165, 1.54) is 16.7 Å². The van der Waals surface area contributed by atoms with Crippen molar-refractivity contribution >= 4 is 0 Å². The van der Waals surface area contributed by atoms with Crippen molar-refractivity contribution in [2.24, 2.45) is 0 Å². The number of benzene rings is 1. The lowest BCUT2D eigenvalue weighted by Gasteiger charge is -2.11. The highest BCUT2D eigenvalue weighted by atomic mass is 16.5. The molecule has 0 aliphatic carbocycles. The van der Waals surface area contributed by atoms with E-state index in [0.717, 1.165) is 5.75 Å². The number of rotatable bonds is 5. The van der Waals surface area contributed by atoms with Crippen LogP contribution >= 0.6 is 0 Å². The Hall–Kier alpha value is -1.28. The number of hydrogen-bond acceptors (Lipinski definition) is 2. The van der Waals surface area contributed by atoms with Gasteiger partial charge in [0.2, 0.25) is 0 Å². The van der Waals surface area contributed by atoms with Gasteiger partial charge in [-0.05, 0) is 38.0 Å². The fourth-order valence-corrected chi connectivity index (χ4v) is 1.76. The van der Waals surface area contributed by atoms with Crippen LogP contribution in [0.15, 0.2) is 24.3 Å². The van der Waals surface area contributed by atoms with Crippen LogP contribution in [0.4, 0.5) is 0 Å². The van der Waals surface area contributed by atoms with Gasteiger partial charge >= 0.3 is 0 Å². The quantitative estimate of drug-likeness (QED) is 0.709.